The van der Waals surface area contributed by atoms with Crippen molar-refractivity contribution in [1.82, 2.24) is 0 Å². The Morgan fingerprint density at radius 3 is 2.39 bits per heavy atom. The third kappa shape index (κ3) is 5.12. The molecule has 0 fully saturated rings. The van der Waals surface area contributed by atoms with Crippen molar-refractivity contribution in [3.8, 4) is 5.75 Å². The molecule has 1 aromatic carbocycles. The molecule has 0 bridgehead atoms. The summed E-state index contributed by atoms with van der Waals surface area (Å²) in [5.74, 6) is 1.64. The van der Waals surface area contributed by atoms with Crippen molar-refractivity contribution < 1.29 is 4.74 Å². The van der Waals surface area contributed by atoms with E-state index in [0.29, 0.717) is 5.92 Å². The number of methoxy groups -OCH3 is 1. The van der Waals surface area contributed by atoms with Crippen molar-refractivity contribution in [1.29, 1.82) is 0 Å². The van der Waals surface area contributed by atoms with E-state index in [2.05, 4.69) is 32.0 Å². The van der Waals surface area contributed by atoms with Gasteiger partial charge in [-0.3, -0.25) is 0 Å². The summed E-state index contributed by atoms with van der Waals surface area (Å²) in [6, 6.07) is 8.41. The van der Waals surface area contributed by atoms with Gasteiger partial charge in [-0.2, -0.15) is 0 Å². The van der Waals surface area contributed by atoms with Gasteiger partial charge in [0.1, 0.15) is 5.75 Å². The van der Waals surface area contributed by atoms with E-state index in [1.165, 1.54) is 50.5 Å². The summed E-state index contributed by atoms with van der Waals surface area (Å²) in [4.78, 5) is 0. The largest absolute Gasteiger partial charge is 0.496 e. The summed E-state index contributed by atoms with van der Waals surface area (Å²) >= 11 is 0. The zero-order valence-corrected chi connectivity index (χ0v) is 12.2. The van der Waals surface area contributed by atoms with Crippen molar-refractivity contribution in [3.63, 3.8) is 0 Å². The fourth-order valence-electron chi connectivity index (χ4n) is 2.46. The molecular formula is C17H28O. The first-order chi connectivity index (χ1) is 8.79. The van der Waals surface area contributed by atoms with Crippen LogP contribution in [0.5, 0.6) is 5.75 Å². The molecule has 18 heavy (non-hydrogen) atoms. The van der Waals surface area contributed by atoms with Crippen LogP contribution >= 0.6 is 0 Å². The van der Waals surface area contributed by atoms with Crippen LogP contribution in [0.3, 0.4) is 0 Å². The van der Waals surface area contributed by atoms with Gasteiger partial charge in [0.25, 0.3) is 0 Å². The quantitative estimate of drug-likeness (QED) is 0.521. The third-order valence-electron chi connectivity index (χ3n) is 3.66. The zero-order chi connectivity index (χ0) is 13.2. The molecule has 0 spiro atoms. The highest BCUT2D eigenvalue weighted by Gasteiger charge is 2.09. The summed E-state index contributed by atoms with van der Waals surface area (Å²) < 4.78 is 5.43. The summed E-state index contributed by atoms with van der Waals surface area (Å²) in [6.45, 7) is 4.58. The lowest BCUT2D eigenvalue weighted by Gasteiger charge is -2.15. The fourth-order valence-corrected chi connectivity index (χ4v) is 2.46. The number of rotatable bonds is 9. The molecule has 0 saturated carbocycles. The molecule has 0 aliphatic heterocycles. The Balaban J connectivity index is 2.29. The van der Waals surface area contributed by atoms with E-state index in [1.54, 1.807) is 7.11 Å². The van der Waals surface area contributed by atoms with Crippen LogP contribution in [0.15, 0.2) is 24.3 Å². The first-order valence-corrected chi connectivity index (χ1v) is 7.42. The molecule has 1 atom stereocenters. The van der Waals surface area contributed by atoms with Gasteiger partial charge in [-0.25, -0.2) is 0 Å². The fraction of sp³-hybridized carbons (Fsp3) is 0.647. The van der Waals surface area contributed by atoms with Gasteiger partial charge in [-0.05, 0) is 24.0 Å². The van der Waals surface area contributed by atoms with Gasteiger partial charge in [0, 0.05) is 0 Å². The van der Waals surface area contributed by atoms with Crippen LogP contribution < -0.4 is 4.74 Å². The molecule has 0 aliphatic rings. The van der Waals surface area contributed by atoms with E-state index in [4.69, 9.17) is 4.74 Å². The Morgan fingerprint density at radius 1 is 1.00 bits per heavy atom. The molecule has 0 aromatic heterocycles. The summed E-state index contributed by atoms with van der Waals surface area (Å²) in [5, 5.41) is 0. The minimum Gasteiger partial charge on any atom is -0.496 e. The first-order valence-electron chi connectivity index (χ1n) is 7.42. The van der Waals surface area contributed by atoms with E-state index >= 15 is 0 Å². The van der Waals surface area contributed by atoms with Gasteiger partial charge in [-0.1, -0.05) is 70.6 Å². The van der Waals surface area contributed by atoms with E-state index in [1.807, 2.05) is 6.07 Å². The Hall–Kier alpha value is -0.980. The standard InChI is InChI=1S/C17H28O/c1-4-5-6-7-8-9-12-15(2)16-13-10-11-14-17(16)18-3/h10-11,13-15H,4-9,12H2,1-3H3. The van der Waals surface area contributed by atoms with Crippen LogP contribution in [0.25, 0.3) is 0 Å². The molecule has 0 radical (unpaired) electrons. The van der Waals surface area contributed by atoms with Crippen LogP contribution in [0.1, 0.15) is 70.3 Å². The molecule has 1 rings (SSSR count). The van der Waals surface area contributed by atoms with Gasteiger partial charge in [0.15, 0.2) is 0 Å². The van der Waals surface area contributed by atoms with Gasteiger partial charge in [0.2, 0.25) is 0 Å². The summed E-state index contributed by atoms with van der Waals surface area (Å²) in [5.41, 5.74) is 1.36. The molecular weight excluding hydrogens is 220 g/mol. The zero-order valence-electron chi connectivity index (χ0n) is 12.2. The first kappa shape index (κ1) is 15.1. The topological polar surface area (TPSA) is 9.23 Å². The second kappa shape index (κ2) is 9.02. The molecule has 1 heteroatoms. The summed E-state index contributed by atoms with van der Waals surface area (Å²) in [6.07, 6.45) is 9.50. The van der Waals surface area contributed by atoms with E-state index in [0.717, 1.165) is 5.75 Å². The molecule has 0 saturated heterocycles. The lowest BCUT2D eigenvalue weighted by atomic mass is 9.94. The SMILES string of the molecule is CCCCCCCCC(C)c1ccccc1OC. The molecule has 0 amide bonds. The highest BCUT2D eigenvalue weighted by Crippen LogP contribution is 2.29. The van der Waals surface area contributed by atoms with Crippen LogP contribution in [0.4, 0.5) is 0 Å². The van der Waals surface area contributed by atoms with Gasteiger partial charge in [0.05, 0.1) is 7.11 Å². The average Bonchev–Trinajstić information content (AvgIpc) is 2.42. The Bertz CT molecular complexity index is 319. The molecule has 1 aromatic rings. The van der Waals surface area contributed by atoms with Crippen LogP contribution in [-0.4, -0.2) is 7.11 Å². The predicted molar refractivity (Wildman–Crippen MR) is 79.4 cm³/mol. The lowest BCUT2D eigenvalue weighted by Crippen LogP contribution is -1.97. The van der Waals surface area contributed by atoms with Crippen molar-refractivity contribution in [2.75, 3.05) is 7.11 Å². The van der Waals surface area contributed by atoms with Gasteiger partial charge in [-0.15, -0.1) is 0 Å². The maximum atomic E-state index is 5.43. The Morgan fingerprint density at radius 2 is 1.67 bits per heavy atom. The number of ether oxygens (including phenoxy) is 1. The monoisotopic (exact) mass is 248 g/mol. The normalized spacial score (nSPS) is 12.4. The average molecular weight is 248 g/mol. The molecule has 0 N–H and O–H groups in total. The minimum absolute atomic E-state index is 0.604. The second-order valence-electron chi connectivity index (χ2n) is 5.20. The van der Waals surface area contributed by atoms with Gasteiger partial charge >= 0.3 is 0 Å². The Labute approximate surface area is 113 Å². The third-order valence-corrected chi connectivity index (χ3v) is 3.66. The van der Waals surface area contributed by atoms with Crippen molar-refractivity contribution >= 4 is 0 Å². The molecule has 0 aliphatic carbocycles. The van der Waals surface area contributed by atoms with E-state index < -0.39 is 0 Å². The second-order valence-corrected chi connectivity index (χ2v) is 5.20. The van der Waals surface area contributed by atoms with Crippen molar-refractivity contribution in [2.45, 2.75) is 64.7 Å². The number of benzene rings is 1. The van der Waals surface area contributed by atoms with Crippen LogP contribution in [0.2, 0.25) is 0 Å². The lowest BCUT2D eigenvalue weighted by molar-refractivity contribution is 0.404. The number of para-hydroxylation sites is 1. The number of hydrogen-bond donors (Lipinski definition) is 0. The van der Waals surface area contributed by atoms with Crippen LogP contribution in [-0.2, 0) is 0 Å². The maximum absolute atomic E-state index is 5.43. The minimum atomic E-state index is 0.604. The Kier molecular flexibility index (Phi) is 7.55. The molecule has 0 heterocycles. The van der Waals surface area contributed by atoms with Crippen molar-refractivity contribution in [3.05, 3.63) is 29.8 Å². The maximum Gasteiger partial charge on any atom is 0.122 e. The number of unbranched alkanes of at least 4 members (excludes halogenated alkanes) is 5. The predicted octanol–water partition coefficient (Wildman–Crippen LogP) is 5.55. The van der Waals surface area contributed by atoms with Gasteiger partial charge < -0.3 is 4.74 Å². The molecule has 1 nitrogen and oxygen atoms in total. The highest BCUT2D eigenvalue weighted by molar-refractivity contribution is 5.35. The number of hydrogen-bond acceptors (Lipinski definition) is 1. The van der Waals surface area contributed by atoms with E-state index in [-0.39, 0.29) is 0 Å². The summed E-state index contributed by atoms with van der Waals surface area (Å²) in [7, 11) is 1.76. The van der Waals surface area contributed by atoms with Crippen molar-refractivity contribution in [2.24, 2.45) is 0 Å². The highest BCUT2D eigenvalue weighted by atomic mass is 16.5. The molecule has 1 unspecified atom stereocenters. The van der Waals surface area contributed by atoms with E-state index in [9.17, 15) is 0 Å². The smallest absolute Gasteiger partial charge is 0.122 e. The molecule has 102 valence electrons. The van der Waals surface area contributed by atoms with Crippen LogP contribution in [0, 0.1) is 0 Å².